The molecule has 1 aliphatic heterocycles. The average molecular weight is 447 g/mol. The second-order valence-electron chi connectivity index (χ2n) is 7.68. The molecule has 170 valence electrons. The second-order valence-corrected chi connectivity index (χ2v) is 7.68. The highest BCUT2D eigenvalue weighted by molar-refractivity contribution is 6.32. The molecule has 8 heteroatoms. The van der Waals surface area contributed by atoms with Crippen molar-refractivity contribution >= 4 is 40.0 Å². The molecule has 0 saturated heterocycles. The third kappa shape index (κ3) is 4.44. The van der Waals surface area contributed by atoms with Gasteiger partial charge in [-0.05, 0) is 62.7 Å². The average Bonchev–Trinajstić information content (AvgIpc) is 3.09. The van der Waals surface area contributed by atoms with Gasteiger partial charge in [-0.2, -0.15) is 10.1 Å². The maximum Gasteiger partial charge on any atom is 0.343 e. The van der Waals surface area contributed by atoms with E-state index in [2.05, 4.69) is 28.7 Å². The zero-order chi connectivity index (χ0) is 23.5. The normalized spacial score (nSPS) is 14.9. The summed E-state index contributed by atoms with van der Waals surface area (Å²) in [6.45, 7) is 7.62. The number of hydrazone groups is 1. The lowest BCUT2D eigenvalue weighted by atomic mass is 10.1. The molecular weight excluding hydrogens is 422 g/mol. The standard InChI is InChI=1S/C25H25N3O5/c1-4-27(5-2)21-11-8-18-12-19(25(30)33-23(18)14-21)13-22-16(3)26-28(24(22)29)20-9-6-17(7-10-20)15-32-31/h6-14,31H,4-5,15H2,1-3H3. The molecule has 1 aromatic heterocycles. The Kier molecular flexibility index (Phi) is 6.39. The summed E-state index contributed by atoms with van der Waals surface area (Å²) in [7, 11) is 0. The molecule has 8 nitrogen and oxygen atoms in total. The Hall–Kier alpha value is -3.75. The molecule has 1 aliphatic rings. The van der Waals surface area contributed by atoms with E-state index in [9.17, 15) is 9.59 Å². The van der Waals surface area contributed by atoms with Gasteiger partial charge in [-0.25, -0.2) is 9.68 Å². The van der Waals surface area contributed by atoms with E-state index in [1.54, 1.807) is 37.3 Å². The summed E-state index contributed by atoms with van der Waals surface area (Å²) in [5.74, 6) is -0.338. The van der Waals surface area contributed by atoms with Gasteiger partial charge in [0.25, 0.3) is 5.91 Å². The lowest BCUT2D eigenvalue weighted by Gasteiger charge is -2.20. The zero-order valence-corrected chi connectivity index (χ0v) is 18.7. The highest BCUT2D eigenvalue weighted by Crippen LogP contribution is 2.26. The van der Waals surface area contributed by atoms with Crippen molar-refractivity contribution in [1.29, 1.82) is 0 Å². The summed E-state index contributed by atoms with van der Waals surface area (Å²) in [6.07, 6.45) is 1.53. The molecule has 0 bridgehead atoms. The van der Waals surface area contributed by atoms with Crippen LogP contribution in [0.1, 0.15) is 31.9 Å². The van der Waals surface area contributed by atoms with Crippen molar-refractivity contribution in [3.63, 3.8) is 0 Å². The van der Waals surface area contributed by atoms with E-state index in [0.29, 0.717) is 22.6 Å². The van der Waals surface area contributed by atoms with Crippen LogP contribution in [0.2, 0.25) is 0 Å². The lowest BCUT2D eigenvalue weighted by molar-refractivity contribution is -0.253. The van der Waals surface area contributed by atoms with Crippen LogP contribution in [-0.2, 0) is 16.3 Å². The minimum atomic E-state index is -0.515. The first-order valence-electron chi connectivity index (χ1n) is 10.7. The van der Waals surface area contributed by atoms with Gasteiger partial charge >= 0.3 is 5.63 Å². The number of rotatable bonds is 7. The molecule has 1 N–H and O–H groups in total. The minimum Gasteiger partial charge on any atom is -0.422 e. The molecule has 0 saturated carbocycles. The molecule has 4 rings (SSSR count). The number of amides is 1. The summed E-state index contributed by atoms with van der Waals surface area (Å²) in [4.78, 5) is 32.0. The highest BCUT2D eigenvalue weighted by Gasteiger charge is 2.29. The van der Waals surface area contributed by atoms with E-state index in [-0.39, 0.29) is 18.1 Å². The first-order valence-corrected chi connectivity index (χ1v) is 10.7. The van der Waals surface area contributed by atoms with Gasteiger partial charge in [0.2, 0.25) is 0 Å². The Morgan fingerprint density at radius 3 is 2.48 bits per heavy atom. The Morgan fingerprint density at radius 2 is 1.82 bits per heavy atom. The van der Waals surface area contributed by atoms with Gasteiger partial charge in [0.15, 0.2) is 0 Å². The van der Waals surface area contributed by atoms with Crippen LogP contribution in [0.4, 0.5) is 11.4 Å². The number of hydrogen-bond acceptors (Lipinski definition) is 7. The van der Waals surface area contributed by atoms with Crippen molar-refractivity contribution in [2.75, 3.05) is 23.0 Å². The third-order valence-electron chi connectivity index (χ3n) is 5.65. The Morgan fingerprint density at radius 1 is 1.09 bits per heavy atom. The number of carbonyl (C=O) groups is 1. The molecule has 0 fully saturated rings. The van der Waals surface area contributed by atoms with Gasteiger partial charge in [0.05, 0.1) is 22.5 Å². The van der Waals surface area contributed by atoms with Gasteiger partial charge in [-0.1, -0.05) is 12.1 Å². The number of nitrogens with zero attached hydrogens (tertiary/aromatic N) is 3. The highest BCUT2D eigenvalue weighted by atomic mass is 17.1. The molecule has 2 aromatic carbocycles. The Balaban J connectivity index is 1.65. The molecule has 33 heavy (non-hydrogen) atoms. The number of carbonyl (C=O) groups excluding carboxylic acids is 1. The topological polar surface area (TPSA) is 95.6 Å². The van der Waals surface area contributed by atoms with Crippen LogP contribution >= 0.6 is 0 Å². The molecule has 0 unspecified atom stereocenters. The van der Waals surface area contributed by atoms with Gasteiger partial charge in [-0.3, -0.25) is 10.1 Å². The predicted octanol–water partition coefficient (Wildman–Crippen LogP) is 4.43. The number of fused-ring (bicyclic) bond motifs is 1. The molecule has 3 aromatic rings. The molecular formula is C25H25N3O5. The summed E-state index contributed by atoms with van der Waals surface area (Å²) in [6, 6.07) is 14.4. The fourth-order valence-electron chi connectivity index (χ4n) is 3.82. The first kappa shape index (κ1) is 22.4. The van der Waals surface area contributed by atoms with Crippen LogP contribution in [0.25, 0.3) is 17.0 Å². The van der Waals surface area contributed by atoms with Gasteiger partial charge < -0.3 is 9.32 Å². The van der Waals surface area contributed by atoms with E-state index in [0.717, 1.165) is 29.7 Å². The summed E-state index contributed by atoms with van der Waals surface area (Å²) in [5, 5.41) is 15.0. The maximum atomic E-state index is 13.0. The van der Waals surface area contributed by atoms with Gasteiger partial charge in [-0.15, -0.1) is 0 Å². The van der Waals surface area contributed by atoms with Crippen molar-refractivity contribution in [2.24, 2.45) is 5.10 Å². The smallest absolute Gasteiger partial charge is 0.343 e. The monoisotopic (exact) mass is 447 g/mol. The van der Waals surface area contributed by atoms with E-state index in [1.807, 2.05) is 18.2 Å². The fourth-order valence-corrected chi connectivity index (χ4v) is 3.82. The molecule has 0 aliphatic carbocycles. The summed E-state index contributed by atoms with van der Waals surface area (Å²) >= 11 is 0. The SMILES string of the molecule is CCN(CC)c1ccc2cc(C=C3C(=O)N(c4ccc(COO)cc4)N=C3C)c(=O)oc2c1. The van der Waals surface area contributed by atoms with Crippen LogP contribution < -0.4 is 15.5 Å². The fraction of sp³-hybridized carbons (Fsp3) is 0.240. The van der Waals surface area contributed by atoms with Crippen LogP contribution in [-0.4, -0.2) is 30.0 Å². The summed E-state index contributed by atoms with van der Waals surface area (Å²) in [5.41, 5.74) is 3.41. The first-order chi connectivity index (χ1) is 15.9. The number of hydrogen-bond donors (Lipinski definition) is 1. The van der Waals surface area contributed by atoms with Crippen molar-refractivity contribution in [1.82, 2.24) is 0 Å². The Bertz CT molecular complexity index is 1300. The molecule has 2 heterocycles. The van der Waals surface area contributed by atoms with Crippen molar-refractivity contribution in [3.8, 4) is 0 Å². The quantitative estimate of drug-likeness (QED) is 0.249. The zero-order valence-electron chi connectivity index (χ0n) is 18.7. The predicted molar refractivity (Wildman–Crippen MR) is 128 cm³/mol. The number of anilines is 2. The van der Waals surface area contributed by atoms with Crippen LogP contribution in [0.15, 0.2) is 68.4 Å². The molecule has 0 atom stereocenters. The molecule has 0 radical (unpaired) electrons. The largest absolute Gasteiger partial charge is 0.422 e. The van der Waals surface area contributed by atoms with Crippen LogP contribution in [0, 0.1) is 0 Å². The molecule has 0 spiro atoms. The van der Waals surface area contributed by atoms with E-state index >= 15 is 0 Å². The van der Waals surface area contributed by atoms with Crippen LogP contribution in [0.5, 0.6) is 0 Å². The summed E-state index contributed by atoms with van der Waals surface area (Å²) < 4.78 is 5.58. The van der Waals surface area contributed by atoms with Crippen molar-refractivity contribution in [3.05, 3.63) is 75.7 Å². The van der Waals surface area contributed by atoms with E-state index in [4.69, 9.17) is 9.67 Å². The van der Waals surface area contributed by atoms with Crippen LogP contribution in [0.3, 0.4) is 0 Å². The van der Waals surface area contributed by atoms with Crippen molar-refractivity contribution < 1.29 is 19.4 Å². The second kappa shape index (κ2) is 9.40. The Labute approximate surface area is 190 Å². The van der Waals surface area contributed by atoms with Gasteiger partial charge in [0, 0.05) is 30.2 Å². The minimum absolute atomic E-state index is 0.0514. The van der Waals surface area contributed by atoms with E-state index in [1.165, 1.54) is 11.1 Å². The van der Waals surface area contributed by atoms with E-state index < -0.39 is 5.63 Å². The third-order valence-corrected chi connectivity index (χ3v) is 5.65. The maximum absolute atomic E-state index is 13.0. The lowest BCUT2D eigenvalue weighted by Crippen LogP contribution is -2.21. The van der Waals surface area contributed by atoms with Crippen molar-refractivity contribution in [2.45, 2.75) is 27.4 Å². The number of benzene rings is 2. The van der Waals surface area contributed by atoms with Gasteiger partial charge in [0.1, 0.15) is 12.2 Å². The molecule has 1 amide bonds.